The molecule has 5 nitrogen and oxygen atoms in total. The maximum atomic E-state index is 10.3. The molecule has 142 valence electrons. The Kier molecular flexibility index (Phi) is 25.3. The minimum absolute atomic E-state index is 0. The summed E-state index contributed by atoms with van der Waals surface area (Å²) in [5, 5.41) is 18.4. The van der Waals surface area contributed by atoms with Gasteiger partial charge in [0.2, 0.25) is 0 Å². The van der Waals surface area contributed by atoms with Crippen LogP contribution >= 0.6 is 0 Å². The van der Waals surface area contributed by atoms with E-state index in [1.807, 2.05) is 0 Å². The number of carboxylic acid groups (broad SMARTS) is 1. The molecule has 8 N–H and O–H groups in total. The molecule has 0 rings (SSSR count). The summed E-state index contributed by atoms with van der Waals surface area (Å²) in [6.07, 6.45) is 16.3. The van der Waals surface area contributed by atoms with E-state index in [1.54, 1.807) is 0 Å². The molecular weight excluding hydrogens is 292 g/mol. The van der Waals surface area contributed by atoms with Gasteiger partial charge >= 0.3 is 5.97 Å². The van der Waals surface area contributed by atoms with Crippen LogP contribution in [0.15, 0.2) is 0 Å². The van der Waals surface area contributed by atoms with Crippen molar-refractivity contribution in [2.75, 3.05) is 0 Å². The highest BCUT2D eigenvalue weighted by Crippen LogP contribution is 2.14. The van der Waals surface area contributed by atoms with Gasteiger partial charge in [-0.1, -0.05) is 77.6 Å². The van der Waals surface area contributed by atoms with Crippen molar-refractivity contribution in [2.24, 2.45) is 0 Å². The zero-order chi connectivity index (χ0) is 15.8. The molecule has 0 aromatic carbocycles. The van der Waals surface area contributed by atoms with Crippen molar-refractivity contribution in [3.63, 3.8) is 0 Å². The first-order chi connectivity index (χ1) is 10.2. The molecule has 0 amide bonds. The van der Waals surface area contributed by atoms with Gasteiger partial charge in [-0.15, -0.1) is 0 Å². The molecule has 1 unspecified atom stereocenters. The summed E-state index contributed by atoms with van der Waals surface area (Å²) in [6.45, 7) is 2.21. The van der Waals surface area contributed by atoms with E-state index in [2.05, 4.69) is 6.92 Å². The zero-order valence-electron chi connectivity index (χ0n) is 15.4. The van der Waals surface area contributed by atoms with Gasteiger partial charge in [-0.3, -0.25) is 4.79 Å². The predicted molar refractivity (Wildman–Crippen MR) is 98.6 cm³/mol. The Balaban J connectivity index is -0.00000200. The van der Waals surface area contributed by atoms with Gasteiger partial charge in [0.1, 0.15) is 0 Å². The van der Waals surface area contributed by atoms with Gasteiger partial charge in [-0.05, 0) is 19.3 Å². The molecule has 0 fully saturated rings. The van der Waals surface area contributed by atoms with Crippen LogP contribution in [0.5, 0.6) is 0 Å². The van der Waals surface area contributed by atoms with Crippen LogP contribution in [0.3, 0.4) is 0 Å². The molecule has 0 aliphatic heterocycles. The molecular formula is C18H42N2O3. The highest BCUT2D eigenvalue weighted by molar-refractivity contribution is 5.66. The van der Waals surface area contributed by atoms with Crippen molar-refractivity contribution >= 4 is 5.97 Å². The molecule has 0 heterocycles. The number of aliphatic carboxylic acids is 1. The average Bonchev–Trinajstić information content (AvgIpc) is 2.45. The third kappa shape index (κ3) is 23.7. The highest BCUT2D eigenvalue weighted by atomic mass is 16.4. The Morgan fingerprint density at radius 3 is 1.57 bits per heavy atom. The first-order valence-corrected chi connectivity index (χ1v) is 9.06. The van der Waals surface area contributed by atoms with Gasteiger partial charge in [0.15, 0.2) is 0 Å². The molecule has 0 saturated heterocycles. The largest absolute Gasteiger partial charge is 0.481 e. The molecule has 23 heavy (non-hydrogen) atoms. The Hall–Kier alpha value is -0.650. The molecule has 5 heteroatoms. The third-order valence-corrected chi connectivity index (χ3v) is 4.07. The summed E-state index contributed by atoms with van der Waals surface area (Å²) in [7, 11) is 0. The lowest BCUT2D eigenvalue weighted by Crippen LogP contribution is -2.05. The topological polar surface area (TPSA) is 128 Å². The summed E-state index contributed by atoms with van der Waals surface area (Å²) in [5.74, 6) is -0.678. The Morgan fingerprint density at radius 1 is 0.739 bits per heavy atom. The van der Waals surface area contributed by atoms with Crippen LogP contribution in [0, 0.1) is 0 Å². The fraction of sp³-hybridized carbons (Fsp3) is 0.944. The molecule has 0 aromatic heterocycles. The smallest absolute Gasteiger partial charge is 0.303 e. The van der Waals surface area contributed by atoms with Crippen LogP contribution in [-0.4, -0.2) is 22.3 Å². The van der Waals surface area contributed by atoms with Crippen LogP contribution in [0.25, 0.3) is 0 Å². The van der Waals surface area contributed by atoms with Gasteiger partial charge in [0, 0.05) is 6.42 Å². The SMILES string of the molecule is CCCCCCC(O)CCCCCCCCCCC(=O)O.N.N. The molecule has 0 saturated carbocycles. The minimum atomic E-state index is -0.678. The monoisotopic (exact) mass is 334 g/mol. The molecule has 0 aromatic rings. The van der Waals surface area contributed by atoms with Crippen molar-refractivity contribution in [2.45, 2.75) is 109 Å². The number of rotatable bonds is 16. The number of aliphatic hydroxyl groups is 1. The minimum Gasteiger partial charge on any atom is -0.481 e. The lowest BCUT2D eigenvalue weighted by molar-refractivity contribution is -0.137. The van der Waals surface area contributed by atoms with Gasteiger partial charge in [-0.25, -0.2) is 0 Å². The third-order valence-electron chi connectivity index (χ3n) is 4.07. The van der Waals surface area contributed by atoms with Crippen LogP contribution in [0.1, 0.15) is 103 Å². The van der Waals surface area contributed by atoms with Crippen molar-refractivity contribution in [1.29, 1.82) is 0 Å². The predicted octanol–water partition coefficient (Wildman–Crippen LogP) is 5.63. The lowest BCUT2D eigenvalue weighted by atomic mass is 10.0. The molecule has 0 spiro atoms. The van der Waals surface area contributed by atoms with E-state index in [4.69, 9.17) is 5.11 Å². The van der Waals surface area contributed by atoms with Crippen LogP contribution < -0.4 is 12.3 Å². The number of hydrogen-bond donors (Lipinski definition) is 4. The number of hydrogen-bond acceptors (Lipinski definition) is 4. The number of carboxylic acids is 1. The van der Waals surface area contributed by atoms with E-state index in [-0.39, 0.29) is 18.4 Å². The summed E-state index contributed by atoms with van der Waals surface area (Å²) >= 11 is 0. The van der Waals surface area contributed by atoms with E-state index in [0.717, 1.165) is 38.5 Å². The first kappa shape index (κ1) is 27.2. The van der Waals surface area contributed by atoms with Gasteiger partial charge < -0.3 is 22.5 Å². The van der Waals surface area contributed by atoms with Gasteiger partial charge in [-0.2, -0.15) is 0 Å². The maximum Gasteiger partial charge on any atom is 0.303 e. The molecule has 1 atom stereocenters. The summed E-state index contributed by atoms with van der Waals surface area (Å²) in [5.41, 5.74) is 0. The standard InChI is InChI=1S/C18H36O3.2H3N/c1-2-3-4-11-14-17(19)15-12-9-7-5-6-8-10-13-16-18(20)21;;/h17,19H,2-16H2,1H3,(H,20,21);2*1H3. The second-order valence-corrected chi connectivity index (χ2v) is 6.26. The van der Waals surface area contributed by atoms with Crippen LogP contribution in [-0.2, 0) is 4.79 Å². The van der Waals surface area contributed by atoms with Crippen LogP contribution in [0.2, 0.25) is 0 Å². The van der Waals surface area contributed by atoms with Crippen molar-refractivity contribution in [1.82, 2.24) is 12.3 Å². The van der Waals surface area contributed by atoms with E-state index in [1.165, 1.54) is 51.4 Å². The Labute approximate surface area is 143 Å². The molecule has 0 aliphatic rings. The van der Waals surface area contributed by atoms with E-state index in [9.17, 15) is 9.90 Å². The number of aliphatic hydroxyl groups excluding tert-OH is 1. The van der Waals surface area contributed by atoms with E-state index < -0.39 is 5.97 Å². The lowest BCUT2D eigenvalue weighted by Gasteiger charge is -2.10. The van der Waals surface area contributed by atoms with Crippen LogP contribution in [0.4, 0.5) is 0 Å². The maximum absolute atomic E-state index is 10.3. The number of unbranched alkanes of at least 4 members (excludes halogenated alkanes) is 10. The molecule has 0 bridgehead atoms. The zero-order valence-corrected chi connectivity index (χ0v) is 15.4. The summed E-state index contributed by atoms with van der Waals surface area (Å²) < 4.78 is 0. The summed E-state index contributed by atoms with van der Waals surface area (Å²) in [6, 6.07) is 0. The average molecular weight is 335 g/mol. The van der Waals surface area contributed by atoms with Crippen molar-refractivity contribution < 1.29 is 15.0 Å². The van der Waals surface area contributed by atoms with Crippen molar-refractivity contribution in [3.8, 4) is 0 Å². The Bertz CT molecular complexity index is 238. The molecule has 0 aliphatic carbocycles. The Morgan fingerprint density at radius 2 is 1.13 bits per heavy atom. The second-order valence-electron chi connectivity index (χ2n) is 6.26. The fourth-order valence-electron chi connectivity index (χ4n) is 2.67. The quantitative estimate of drug-likeness (QED) is 0.272. The normalized spacial score (nSPS) is 11.4. The fourth-order valence-corrected chi connectivity index (χ4v) is 2.67. The summed E-state index contributed by atoms with van der Waals surface area (Å²) in [4.78, 5) is 10.3. The van der Waals surface area contributed by atoms with Gasteiger partial charge in [0.25, 0.3) is 0 Å². The van der Waals surface area contributed by atoms with E-state index >= 15 is 0 Å². The van der Waals surface area contributed by atoms with E-state index in [0.29, 0.717) is 6.42 Å². The molecule has 0 radical (unpaired) electrons. The second kappa shape index (κ2) is 21.4. The van der Waals surface area contributed by atoms with Crippen molar-refractivity contribution in [3.05, 3.63) is 0 Å². The first-order valence-electron chi connectivity index (χ1n) is 9.06. The number of carbonyl (C=O) groups is 1. The highest BCUT2D eigenvalue weighted by Gasteiger charge is 2.03. The van der Waals surface area contributed by atoms with Gasteiger partial charge in [0.05, 0.1) is 6.10 Å².